The van der Waals surface area contributed by atoms with Gasteiger partial charge in [0.1, 0.15) is 0 Å². The van der Waals surface area contributed by atoms with E-state index in [1.165, 1.54) is 12.3 Å². The van der Waals surface area contributed by atoms with Gasteiger partial charge in [-0.15, -0.1) is 0 Å². The first-order valence-corrected chi connectivity index (χ1v) is 4.11. The molecule has 2 N–H and O–H groups in total. The largest absolute Gasteiger partial charge is 0.328 e. The molecule has 6 heteroatoms. The van der Waals surface area contributed by atoms with Gasteiger partial charge in [0.2, 0.25) is 0 Å². The summed E-state index contributed by atoms with van der Waals surface area (Å²) < 4.78 is 29.2. The van der Waals surface area contributed by atoms with Crippen molar-refractivity contribution in [2.75, 3.05) is 0 Å². The fraction of sp³-hybridized carbons (Fsp3) is 0. The van der Waals surface area contributed by atoms with Crippen molar-refractivity contribution in [2.45, 2.75) is 4.90 Å². The third kappa shape index (κ3) is 1.66. The van der Waals surface area contributed by atoms with Crippen LogP contribution in [0.1, 0.15) is 0 Å². The zero-order chi connectivity index (χ0) is 8.48. The molecule has 0 aliphatic carbocycles. The molecular formula is C5H5NO4S. The minimum absolute atomic E-state index is 0.639. The molecule has 11 heavy (non-hydrogen) atoms. The maximum atomic E-state index is 10.7. The Morgan fingerprint density at radius 3 is 2.45 bits per heavy atom. The predicted octanol–water partition coefficient (Wildman–Crippen LogP) is -0.378. The van der Waals surface area contributed by atoms with Gasteiger partial charge in [0.05, 0.1) is 0 Å². The molecule has 0 saturated heterocycles. The SMILES string of the molecule is O=c1[nH]cccc1S(=O)(=O)O. The fourth-order valence-electron chi connectivity index (χ4n) is 0.609. The maximum Gasteiger partial charge on any atom is 0.300 e. The first-order valence-electron chi connectivity index (χ1n) is 2.67. The standard InChI is InChI=1S/C5H5NO4S/c7-5-4(11(8,9)10)2-1-3-6-5/h1-3H,(H,6,7)(H,8,9,10). The summed E-state index contributed by atoms with van der Waals surface area (Å²) in [6.07, 6.45) is 1.27. The lowest BCUT2D eigenvalue weighted by molar-refractivity contribution is 0.482. The molecule has 0 atom stereocenters. The van der Waals surface area contributed by atoms with Gasteiger partial charge in [-0.25, -0.2) is 0 Å². The predicted molar refractivity (Wildman–Crippen MR) is 36.9 cm³/mol. The van der Waals surface area contributed by atoms with Crippen molar-refractivity contribution < 1.29 is 13.0 Å². The van der Waals surface area contributed by atoms with Crippen LogP contribution in [-0.4, -0.2) is 18.0 Å². The van der Waals surface area contributed by atoms with E-state index in [1.807, 2.05) is 0 Å². The summed E-state index contributed by atoms with van der Waals surface area (Å²) in [7, 11) is -4.38. The summed E-state index contributed by atoms with van der Waals surface area (Å²) in [5, 5.41) is 0. The van der Waals surface area contributed by atoms with Crippen molar-refractivity contribution in [1.29, 1.82) is 0 Å². The second-order valence-corrected chi connectivity index (χ2v) is 3.23. The lowest BCUT2D eigenvalue weighted by Gasteiger charge is -1.91. The molecule has 0 fully saturated rings. The highest BCUT2D eigenvalue weighted by molar-refractivity contribution is 7.85. The molecule has 0 radical (unpaired) electrons. The Kier molecular flexibility index (Phi) is 1.79. The van der Waals surface area contributed by atoms with E-state index >= 15 is 0 Å². The number of rotatable bonds is 1. The fourth-order valence-corrected chi connectivity index (χ4v) is 1.15. The molecule has 5 nitrogen and oxygen atoms in total. The van der Waals surface area contributed by atoms with Crippen LogP contribution >= 0.6 is 0 Å². The first kappa shape index (κ1) is 7.96. The van der Waals surface area contributed by atoms with Crippen LogP contribution in [-0.2, 0) is 10.1 Å². The van der Waals surface area contributed by atoms with Crippen LogP contribution in [0.2, 0.25) is 0 Å². The van der Waals surface area contributed by atoms with Crippen molar-refractivity contribution in [3.05, 3.63) is 28.7 Å². The zero-order valence-corrected chi connectivity index (χ0v) is 6.13. The van der Waals surface area contributed by atoms with Crippen LogP contribution in [0.25, 0.3) is 0 Å². The Morgan fingerprint density at radius 2 is 2.09 bits per heavy atom. The normalized spacial score (nSPS) is 11.4. The van der Waals surface area contributed by atoms with E-state index in [2.05, 4.69) is 4.98 Å². The number of pyridine rings is 1. The Bertz CT molecular complexity index is 404. The Morgan fingerprint density at radius 1 is 1.45 bits per heavy atom. The van der Waals surface area contributed by atoms with E-state index in [-0.39, 0.29) is 0 Å². The van der Waals surface area contributed by atoms with Crippen LogP contribution in [0.4, 0.5) is 0 Å². The monoisotopic (exact) mass is 175 g/mol. The third-order valence-electron chi connectivity index (χ3n) is 1.06. The molecule has 60 valence electrons. The summed E-state index contributed by atoms with van der Waals surface area (Å²) in [5.41, 5.74) is -0.824. The molecule has 0 aliphatic heterocycles. The molecule has 0 saturated carbocycles. The van der Waals surface area contributed by atoms with Crippen molar-refractivity contribution in [1.82, 2.24) is 4.98 Å². The van der Waals surface area contributed by atoms with Crippen LogP contribution in [0.3, 0.4) is 0 Å². The quantitative estimate of drug-likeness (QED) is 0.569. The summed E-state index contributed by atoms with van der Waals surface area (Å²) in [6.45, 7) is 0. The van der Waals surface area contributed by atoms with Crippen molar-refractivity contribution >= 4 is 10.1 Å². The van der Waals surface area contributed by atoms with Gasteiger partial charge in [-0.1, -0.05) is 0 Å². The van der Waals surface area contributed by atoms with Crippen molar-refractivity contribution in [3.8, 4) is 0 Å². The van der Waals surface area contributed by atoms with E-state index in [9.17, 15) is 13.2 Å². The van der Waals surface area contributed by atoms with Gasteiger partial charge in [0.25, 0.3) is 15.7 Å². The summed E-state index contributed by atoms with van der Waals surface area (Å²) in [6, 6.07) is 2.33. The second kappa shape index (κ2) is 2.48. The molecule has 0 aromatic carbocycles. The molecule has 1 heterocycles. The molecule has 1 aromatic heterocycles. The highest BCUT2D eigenvalue weighted by Crippen LogP contribution is 1.97. The van der Waals surface area contributed by atoms with E-state index in [1.54, 1.807) is 0 Å². The average molecular weight is 175 g/mol. The topological polar surface area (TPSA) is 87.2 Å². The number of hydrogen-bond donors (Lipinski definition) is 2. The van der Waals surface area contributed by atoms with Gasteiger partial charge >= 0.3 is 0 Å². The van der Waals surface area contributed by atoms with Crippen LogP contribution < -0.4 is 5.56 Å². The van der Waals surface area contributed by atoms with E-state index in [0.29, 0.717) is 0 Å². The molecule has 1 aromatic rings. The van der Waals surface area contributed by atoms with Crippen molar-refractivity contribution in [2.24, 2.45) is 0 Å². The minimum atomic E-state index is -4.38. The van der Waals surface area contributed by atoms with Gasteiger partial charge in [0, 0.05) is 6.20 Å². The van der Waals surface area contributed by atoms with Gasteiger partial charge in [-0.2, -0.15) is 8.42 Å². The van der Waals surface area contributed by atoms with E-state index in [4.69, 9.17) is 4.55 Å². The molecule has 0 amide bonds. The van der Waals surface area contributed by atoms with Crippen molar-refractivity contribution in [3.63, 3.8) is 0 Å². The summed E-state index contributed by atoms with van der Waals surface area (Å²) in [5.74, 6) is 0. The van der Waals surface area contributed by atoms with E-state index in [0.717, 1.165) is 6.07 Å². The van der Waals surface area contributed by atoms with Gasteiger partial charge in [0.15, 0.2) is 4.90 Å². The number of H-pyrrole nitrogens is 1. The zero-order valence-electron chi connectivity index (χ0n) is 5.31. The lowest BCUT2D eigenvalue weighted by atomic mass is 10.5. The van der Waals surface area contributed by atoms with Crippen LogP contribution in [0, 0.1) is 0 Å². The average Bonchev–Trinajstić information content (AvgIpc) is 1.86. The molecule has 0 unspecified atom stereocenters. The number of aromatic amines is 1. The van der Waals surface area contributed by atoms with Crippen LogP contribution in [0.15, 0.2) is 28.0 Å². The highest BCUT2D eigenvalue weighted by Gasteiger charge is 2.12. The molecule has 0 aliphatic rings. The minimum Gasteiger partial charge on any atom is -0.328 e. The van der Waals surface area contributed by atoms with E-state index < -0.39 is 20.6 Å². The molecule has 0 spiro atoms. The Labute approximate surface area is 62.4 Å². The molecule has 1 rings (SSSR count). The summed E-state index contributed by atoms with van der Waals surface area (Å²) in [4.78, 5) is 12.1. The first-order chi connectivity index (χ1) is 5.02. The Hall–Kier alpha value is -1.14. The van der Waals surface area contributed by atoms with Crippen LogP contribution in [0.5, 0.6) is 0 Å². The number of hydrogen-bond acceptors (Lipinski definition) is 3. The number of aromatic nitrogens is 1. The smallest absolute Gasteiger partial charge is 0.300 e. The Balaban J connectivity index is 3.50. The van der Waals surface area contributed by atoms with Gasteiger partial charge < -0.3 is 4.98 Å². The second-order valence-electron chi connectivity index (χ2n) is 1.84. The highest BCUT2D eigenvalue weighted by atomic mass is 32.2. The number of nitrogens with one attached hydrogen (secondary N) is 1. The molecule has 0 bridgehead atoms. The van der Waals surface area contributed by atoms with Gasteiger partial charge in [-0.3, -0.25) is 9.35 Å². The van der Waals surface area contributed by atoms with Gasteiger partial charge in [-0.05, 0) is 12.1 Å². The third-order valence-corrected chi connectivity index (χ3v) is 1.94. The maximum absolute atomic E-state index is 10.7. The molecular weight excluding hydrogens is 170 g/mol. The lowest BCUT2D eigenvalue weighted by Crippen LogP contribution is -2.15. The summed E-state index contributed by atoms with van der Waals surface area (Å²) >= 11 is 0.